The second-order valence-electron chi connectivity index (χ2n) is 5.95. The molecule has 2 aromatic rings. The largest absolute Gasteiger partial charge is 0.488 e. The molecule has 0 fully saturated rings. The normalized spacial score (nSPS) is 12.0. The summed E-state index contributed by atoms with van der Waals surface area (Å²) in [7, 11) is -1.53. The van der Waals surface area contributed by atoms with E-state index >= 15 is 0 Å². The molecule has 2 rings (SSSR count). The monoisotopic (exact) mass is 325 g/mol. The van der Waals surface area contributed by atoms with Crippen LogP contribution in [-0.2, 0) is 19.3 Å². The molecule has 0 aliphatic rings. The van der Waals surface area contributed by atoms with Gasteiger partial charge in [0, 0.05) is 5.56 Å². The smallest absolute Gasteiger partial charge is 0.423 e. The van der Waals surface area contributed by atoms with Crippen molar-refractivity contribution in [2.24, 2.45) is 5.73 Å². The second-order valence-corrected chi connectivity index (χ2v) is 5.95. The van der Waals surface area contributed by atoms with E-state index in [1.165, 1.54) is 0 Å². The van der Waals surface area contributed by atoms with E-state index in [-0.39, 0.29) is 5.78 Å². The third kappa shape index (κ3) is 4.12. The summed E-state index contributed by atoms with van der Waals surface area (Å²) in [5.74, 6) is -0.123. The first-order valence-corrected chi connectivity index (χ1v) is 8.33. The van der Waals surface area contributed by atoms with E-state index in [9.17, 15) is 14.8 Å². The molecule has 0 radical (unpaired) electrons. The lowest BCUT2D eigenvalue weighted by Crippen LogP contribution is -2.38. The summed E-state index contributed by atoms with van der Waals surface area (Å²) < 4.78 is 0. The molecule has 1 atom stereocenters. The van der Waals surface area contributed by atoms with Crippen LogP contribution in [0.15, 0.2) is 42.5 Å². The fraction of sp³-hybridized carbons (Fsp3) is 0.316. The van der Waals surface area contributed by atoms with Crippen LogP contribution >= 0.6 is 0 Å². The lowest BCUT2D eigenvalue weighted by molar-refractivity contribution is 0.0960. The number of rotatable bonds is 7. The highest BCUT2D eigenvalue weighted by atomic mass is 16.4. The molecule has 0 saturated carbocycles. The van der Waals surface area contributed by atoms with Gasteiger partial charge in [0.1, 0.15) is 0 Å². The molecule has 4 N–H and O–H groups in total. The maximum Gasteiger partial charge on any atom is 0.488 e. The Morgan fingerprint density at radius 1 is 1.08 bits per heavy atom. The number of benzene rings is 2. The van der Waals surface area contributed by atoms with E-state index in [0.717, 1.165) is 16.7 Å². The molecule has 2 aromatic carbocycles. The van der Waals surface area contributed by atoms with Gasteiger partial charge in [-0.3, -0.25) is 4.79 Å². The van der Waals surface area contributed by atoms with Crippen LogP contribution in [-0.4, -0.2) is 29.0 Å². The maximum absolute atomic E-state index is 12.7. The van der Waals surface area contributed by atoms with Crippen molar-refractivity contribution < 1.29 is 14.8 Å². The molecule has 4 nitrogen and oxygen atoms in total. The number of aryl methyl sites for hydroxylation is 2. The quantitative estimate of drug-likeness (QED) is 0.528. The first-order chi connectivity index (χ1) is 11.5. The number of hydrogen-bond donors (Lipinski definition) is 3. The predicted octanol–water partition coefficient (Wildman–Crippen LogP) is 1.24. The van der Waals surface area contributed by atoms with Gasteiger partial charge >= 0.3 is 7.12 Å². The van der Waals surface area contributed by atoms with Gasteiger partial charge < -0.3 is 15.8 Å². The molecule has 126 valence electrons. The number of carbonyl (C=O) groups is 1. The topological polar surface area (TPSA) is 83.6 Å². The molecule has 0 saturated heterocycles. The van der Waals surface area contributed by atoms with E-state index in [0.29, 0.717) is 30.3 Å². The van der Waals surface area contributed by atoms with Gasteiger partial charge in [-0.15, -0.1) is 0 Å². The zero-order valence-corrected chi connectivity index (χ0v) is 14.2. The van der Waals surface area contributed by atoms with Crippen LogP contribution in [0.2, 0.25) is 0 Å². The van der Waals surface area contributed by atoms with Gasteiger partial charge in [-0.05, 0) is 53.5 Å². The SMILES string of the molecule is CCc1cc(C(=O)[C@@H](N)Cc2ccccc2)cc(CC)c1B(O)O. The average Bonchev–Trinajstić information content (AvgIpc) is 2.60. The van der Waals surface area contributed by atoms with Crippen molar-refractivity contribution in [3.63, 3.8) is 0 Å². The molecule has 0 aliphatic heterocycles. The fourth-order valence-corrected chi connectivity index (χ4v) is 3.01. The minimum absolute atomic E-state index is 0.123. The van der Waals surface area contributed by atoms with E-state index in [4.69, 9.17) is 5.73 Å². The van der Waals surface area contributed by atoms with Crippen LogP contribution in [0.25, 0.3) is 0 Å². The summed E-state index contributed by atoms with van der Waals surface area (Å²) >= 11 is 0. The Hall–Kier alpha value is -1.95. The van der Waals surface area contributed by atoms with Crippen molar-refractivity contribution in [2.45, 2.75) is 39.2 Å². The van der Waals surface area contributed by atoms with Crippen LogP contribution < -0.4 is 11.2 Å². The maximum atomic E-state index is 12.7. The number of ketones is 1. The zero-order chi connectivity index (χ0) is 17.7. The Labute approximate surface area is 143 Å². The van der Waals surface area contributed by atoms with Crippen LogP contribution in [0.3, 0.4) is 0 Å². The summed E-state index contributed by atoms with van der Waals surface area (Å²) in [5.41, 5.74) is 9.74. The Bertz CT molecular complexity index is 676. The van der Waals surface area contributed by atoms with Gasteiger partial charge in [-0.1, -0.05) is 44.2 Å². The molecular weight excluding hydrogens is 301 g/mol. The molecule has 24 heavy (non-hydrogen) atoms. The number of hydrogen-bond acceptors (Lipinski definition) is 4. The Kier molecular flexibility index (Phi) is 6.32. The van der Waals surface area contributed by atoms with Crippen molar-refractivity contribution in [3.05, 3.63) is 64.7 Å². The molecule has 0 heterocycles. The summed E-state index contributed by atoms with van der Waals surface area (Å²) in [5, 5.41) is 19.3. The van der Waals surface area contributed by atoms with E-state index < -0.39 is 13.2 Å². The predicted molar refractivity (Wildman–Crippen MR) is 97.5 cm³/mol. The van der Waals surface area contributed by atoms with Gasteiger partial charge in [0.15, 0.2) is 5.78 Å². The first-order valence-electron chi connectivity index (χ1n) is 8.33. The summed E-state index contributed by atoms with van der Waals surface area (Å²) in [6.07, 6.45) is 1.72. The number of Topliss-reactive ketones (excluding diaryl/α,β-unsaturated/α-hetero) is 1. The zero-order valence-electron chi connectivity index (χ0n) is 14.2. The first kappa shape index (κ1) is 18.4. The van der Waals surface area contributed by atoms with Crippen molar-refractivity contribution in [1.82, 2.24) is 0 Å². The van der Waals surface area contributed by atoms with Gasteiger partial charge in [0.05, 0.1) is 6.04 Å². The summed E-state index contributed by atoms with van der Waals surface area (Å²) in [6.45, 7) is 3.86. The van der Waals surface area contributed by atoms with Crippen molar-refractivity contribution in [3.8, 4) is 0 Å². The number of nitrogens with two attached hydrogens (primary N) is 1. The third-order valence-electron chi connectivity index (χ3n) is 4.29. The lowest BCUT2D eigenvalue weighted by Gasteiger charge is -2.17. The highest BCUT2D eigenvalue weighted by molar-refractivity contribution is 6.59. The number of carbonyl (C=O) groups excluding carboxylic acids is 1. The Morgan fingerprint density at radius 3 is 2.08 bits per heavy atom. The van der Waals surface area contributed by atoms with Crippen molar-refractivity contribution in [2.75, 3.05) is 0 Å². The van der Waals surface area contributed by atoms with Crippen molar-refractivity contribution >= 4 is 18.4 Å². The molecular formula is C19H24BNO3. The molecule has 5 heteroatoms. The molecule has 0 spiro atoms. The fourth-order valence-electron chi connectivity index (χ4n) is 3.01. The highest BCUT2D eigenvalue weighted by Crippen LogP contribution is 2.14. The van der Waals surface area contributed by atoms with Crippen LogP contribution in [0.1, 0.15) is 40.9 Å². The third-order valence-corrected chi connectivity index (χ3v) is 4.29. The molecule has 0 bridgehead atoms. The molecule has 0 aliphatic carbocycles. The summed E-state index contributed by atoms with van der Waals surface area (Å²) in [6, 6.07) is 12.5. The highest BCUT2D eigenvalue weighted by Gasteiger charge is 2.23. The van der Waals surface area contributed by atoms with Gasteiger partial charge in [0.2, 0.25) is 0 Å². The minimum atomic E-state index is -1.53. The van der Waals surface area contributed by atoms with Crippen LogP contribution in [0.4, 0.5) is 0 Å². The van der Waals surface area contributed by atoms with Crippen molar-refractivity contribution in [1.29, 1.82) is 0 Å². The molecule has 0 amide bonds. The van der Waals surface area contributed by atoms with E-state index in [1.54, 1.807) is 12.1 Å². The van der Waals surface area contributed by atoms with Crippen LogP contribution in [0.5, 0.6) is 0 Å². The van der Waals surface area contributed by atoms with Gasteiger partial charge in [0.25, 0.3) is 0 Å². The average molecular weight is 325 g/mol. The Balaban J connectivity index is 2.32. The molecule has 0 unspecified atom stereocenters. The molecule has 0 aromatic heterocycles. The van der Waals surface area contributed by atoms with Gasteiger partial charge in [-0.2, -0.15) is 0 Å². The summed E-state index contributed by atoms with van der Waals surface area (Å²) in [4.78, 5) is 12.7. The standard InChI is InChI=1S/C19H24BNO3/c1-3-14-11-16(12-15(4-2)18(14)20(23)24)19(22)17(21)10-13-8-6-5-7-9-13/h5-9,11-12,17,23-24H,3-4,10,21H2,1-2H3/t17-/m0/s1. The lowest BCUT2D eigenvalue weighted by atomic mass is 9.71. The van der Waals surface area contributed by atoms with E-state index in [1.807, 2.05) is 44.2 Å². The van der Waals surface area contributed by atoms with E-state index in [2.05, 4.69) is 0 Å². The Morgan fingerprint density at radius 2 is 1.62 bits per heavy atom. The van der Waals surface area contributed by atoms with Crippen LogP contribution in [0, 0.1) is 0 Å². The van der Waals surface area contributed by atoms with Gasteiger partial charge in [-0.25, -0.2) is 0 Å². The minimum Gasteiger partial charge on any atom is -0.423 e. The second kappa shape index (κ2) is 8.24.